The van der Waals surface area contributed by atoms with Gasteiger partial charge in [0.1, 0.15) is 12.4 Å². The summed E-state index contributed by atoms with van der Waals surface area (Å²) in [5, 5.41) is 4.32. The molecule has 2 aromatic carbocycles. The molecule has 1 N–H and O–H groups in total. The summed E-state index contributed by atoms with van der Waals surface area (Å²) >= 11 is 12.5. The first kappa shape index (κ1) is 22.8. The van der Waals surface area contributed by atoms with Crippen LogP contribution in [0.5, 0.6) is 11.5 Å². The van der Waals surface area contributed by atoms with Crippen molar-refractivity contribution in [3.05, 3.63) is 57.3 Å². The third-order valence-electron chi connectivity index (χ3n) is 4.55. The van der Waals surface area contributed by atoms with Gasteiger partial charge in [0.15, 0.2) is 11.5 Å². The largest absolute Gasteiger partial charge is 0.493 e. The zero-order chi connectivity index (χ0) is 20.5. The van der Waals surface area contributed by atoms with Crippen molar-refractivity contribution in [2.24, 2.45) is 0 Å². The molecular formula is C21H27Cl2FN2O2. The molecule has 0 saturated heterocycles. The van der Waals surface area contributed by atoms with Gasteiger partial charge in [0.2, 0.25) is 0 Å². The smallest absolute Gasteiger partial charge is 0.163 e. The van der Waals surface area contributed by atoms with Crippen LogP contribution < -0.4 is 14.8 Å². The summed E-state index contributed by atoms with van der Waals surface area (Å²) in [6, 6.07) is 7.81. The average Bonchev–Trinajstić information content (AvgIpc) is 2.68. The van der Waals surface area contributed by atoms with Crippen LogP contribution in [0.1, 0.15) is 25.0 Å². The Morgan fingerprint density at radius 3 is 2.36 bits per heavy atom. The molecule has 0 fully saturated rings. The Morgan fingerprint density at radius 2 is 1.71 bits per heavy atom. The van der Waals surface area contributed by atoms with Crippen LogP contribution in [0.4, 0.5) is 4.39 Å². The fourth-order valence-electron chi connectivity index (χ4n) is 2.78. The second-order valence-electron chi connectivity index (χ2n) is 6.32. The van der Waals surface area contributed by atoms with E-state index in [4.69, 9.17) is 32.7 Å². The molecule has 0 aromatic heterocycles. The first-order valence-corrected chi connectivity index (χ1v) is 10.1. The summed E-state index contributed by atoms with van der Waals surface area (Å²) in [6.07, 6.45) is 0. The van der Waals surface area contributed by atoms with E-state index in [1.807, 2.05) is 6.07 Å². The van der Waals surface area contributed by atoms with Crippen molar-refractivity contribution in [2.45, 2.75) is 27.0 Å². The van der Waals surface area contributed by atoms with E-state index in [-0.39, 0.29) is 12.4 Å². The number of ether oxygens (including phenoxy) is 2. The molecule has 0 aliphatic carbocycles. The van der Waals surface area contributed by atoms with Gasteiger partial charge in [-0.25, -0.2) is 4.39 Å². The highest BCUT2D eigenvalue weighted by Crippen LogP contribution is 2.34. The molecule has 4 nitrogen and oxygen atoms in total. The number of nitrogens with one attached hydrogen (secondary N) is 1. The van der Waals surface area contributed by atoms with Gasteiger partial charge in [-0.15, -0.1) is 0 Å². The molecule has 154 valence electrons. The topological polar surface area (TPSA) is 33.7 Å². The van der Waals surface area contributed by atoms with E-state index in [2.05, 4.69) is 24.1 Å². The van der Waals surface area contributed by atoms with E-state index >= 15 is 0 Å². The van der Waals surface area contributed by atoms with E-state index in [1.165, 1.54) is 12.1 Å². The summed E-state index contributed by atoms with van der Waals surface area (Å²) in [5.74, 6) is 0.718. The fourth-order valence-corrected chi connectivity index (χ4v) is 3.22. The van der Waals surface area contributed by atoms with E-state index < -0.39 is 0 Å². The Hall–Kier alpha value is -1.53. The predicted octanol–water partition coefficient (Wildman–Crippen LogP) is 5.15. The average molecular weight is 429 g/mol. The van der Waals surface area contributed by atoms with Gasteiger partial charge in [0.05, 0.1) is 12.1 Å². The lowest BCUT2D eigenvalue weighted by molar-refractivity contribution is 0.284. The normalized spacial score (nSPS) is 11.1. The minimum Gasteiger partial charge on any atom is -0.493 e. The van der Waals surface area contributed by atoms with Crippen LogP contribution in [0.3, 0.4) is 0 Å². The SMILES string of the molecule is CCN(CC)CCNCc1cc(OC)c(OCc2ccc(F)cc2Cl)cc1Cl. The van der Waals surface area contributed by atoms with E-state index in [1.54, 1.807) is 19.2 Å². The molecule has 28 heavy (non-hydrogen) atoms. The predicted molar refractivity (Wildman–Crippen MR) is 113 cm³/mol. The summed E-state index contributed by atoms with van der Waals surface area (Å²) < 4.78 is 24.4. The van der Waals surface area contributed by atoms with Crippen LogP contribution in [0, 0.1) is 5.82 Å². The maximum absolute atomic E-state index is 13.2. The molecule has 0 aliphatic heterocycles. The van der Waals surface area contributed by atoms with Gasteiger partial charge in [0.25, 0.3) is 0 Å². The highest BCUT2D eigenvalue weighted by atomic mass is 35.5. The van der Waals surface area contributed by atoms with Crippen molar-refractivity contribution in [2.75, 3.05) is 33.3 Å². The van der Waals surface area contributed by atoms with Crippen LogP contribution >= 0.6 is 23.2 Å². The van der Waals surface area contributed by atoms with Crippen molar-refractivity contribution in [1.29, 1.82) is 0 Å². The number of methoxy groups -OCH3 is 1. The molecule has 0 radical (unpaired) electrons. The number of benzene rings is 2. The maximum atomic E-state index is 13.2. The molecule has 0 unspecified atom stereocenters. The lowest BCUT2D eigenvalue weighted by Crippen LogP contribution is -2.31. The zero-order valence-electron chi connectivity index (χ0n) is 16.5. The van der Waals surface area contributed by atoms with Crippen molar-refractivity contribution in [3.63, 3.8) is 0 Å². The molecule has 0 aliphatic rings. The quantitative estimate of drug-likeness (QED) is 0.501. The molecule has 0 amide bonds. The second-order valence-corrected chi connectivity index (χ2v) is 7.14. The summed E-state index contributed by atoms with van der Waals surface area (Å²) in [4.78, 5) is 2.35. The number of halogens is 3. The molecule has 0 bridgehead atoms. The number of nitrogens with zero attached hydrogens (tertiary/aromatic N) is 1. The molecule has 0 spiro atoms. The Balaban J connectivity index is 2.00. The standard InChI is InChI=1S/C21H27Cl2FN2O2/c1-4-26(5-2)9-8-25-13-16-10-20(27-3)21(12-19(16)23)28-14-15-6-7-17(24)11-18(15)22/h6-7,10-12,25H,4-5,8-9,13-14H2,1-3H3. The van der Waals surface area contributed by atoms with Gasteiger partial charge in [-0.05, 0) is 36.9 Å². The van der Waals surface area contributed by atoms with Gasteiger partial charge in [-0.2, -0.15) is 0 Å². The number of likely N-dealkylation sites (N-methyl/N-ethyl adjacent to an activating group) is 1. The molecule has 0 heterocycles. The van der Waals surface area contributed by atoms with E-state index in [0.29, 0.717) is 33.7 Å². The fraction of sp³-hybridized carbons (Fsp3) is 0.429. The van der Waals surface area contributed by atoms with Gasteiger partial charge in [-0.1, -0.05) is 43.1 Å². The van der Waals surface area contributed by atoms with Crippen molar-refractivity contribution in [1.82, 2.24) is 10.2 Å². The van der Waals surface area contributed by atoms with Crippen LogP contribution in [0.25, 0.3) is 0 Å². The lowest BCUT2D eigenvalue weighted by atomic mass is 10.2. The third-order valence-corrected chi connectivity index (χ3v) is 5.25. The minimum atomic E-state index is -0.382. The minimum absolute atomic E-state index is 0.188. The monoisotopic (exact) mass is 428 g/mol. The van der Waals surface area contributed by atoms with Crippen LogP contribution in [-0.2, 0) is 13.2 Å². The Bertz CT molecular complexity index is 770. The van der Waals surface area contributed by atoms with Crippen LogP contribution in [-0.4, -0.2) is 38.2 Å². The molecule has 7 heteroatoms. The molecule has 2 rings (SSSR count). The van der Waals surface area contributed by atoms with Crippen molar-refractivity contribution in [3.8, 4) is 11.5 Å². The van der Waals surface area contributed by atoms with Gasteiger partial charge >= 0.3 is 0 Å². The third kappa shape index (κ3) is 6.52. The second kappa shape index (κ2) is 11.5. The Kier molecular flexibility index (Phi) is 9.32. The molecular weight excluding hydrogens is 402 g/mol. The van der Waals surface area contributed by atoms with Gasteiger partial charge in [0, 0.05) is 36.3 Å². The van der Waals surface area contributed by atoms with E-state index in [9.17, 15) is 4.39 Å². The number of rotatable bonds is 11. The summed E-state index contributed by atoms with van der Waals surface area (Å²) in [6.45, 7) is 9.08. The first-order chi connectivity index (χ1) is 13.5. The van der Waals surface area contributed by atoms with Gasteiger partial charge < -0.3 is 19.7 Å². The highest BCUT2D eigenvalue weighted by molar-refractivity contribution is 6.31. The number of hydrogen-bond acceptors (Lipinski definition) is 4. The molecule has 0 saturated carbocycles. The van der Waals surface area contributed by atoms with Gasteiger partial charge in [-0.3, -0.25) is 0 Å². The maximum Gasteiger partial charge on any atom is 0.163 e. The number of hydrogen-bond donors (Lipinski definition) is 1. The van der Waals surface area contributed by atoms with Crippen molar-refractivity contribution >= 4 is 23.2 Å². The van der Waals surface area contributed by atoms with Crippen LogP contribution in [0.15, 0.2) is 30.3 Å². The Morgan fingerprint density at radius 1 is 1.00 bits per heavy atom. The first-order valence-electron chi connectivity index (χ1n) is 9.34. The molecule has 2 aromatic rings. The van der Waals surface area contributed by atoms with Crippen molar-refractivity contribution < 1.29 is 13.9 Å². The lowest BCUT2D eigenvalue weighted by Gasteiger charge is -2.18. The Labute approximate surface area is 176 Å². The van der Waals surface area contributed by atoms with E-state index in [0.717, 1.165) is 31.7 Å². The zero-order valence-corrected chi connectivity index (χ0v) is 18.0. The van der Waals surface area contributed by atoms with Crippen LogP contribution in [0.2, 0.25) is 10.0 Å². The summed E-state index contributed by atoms with van der Waals surface area (Å²) in [7, 11) is 1.58. The highest BCUT2D eigenvalue weighted by Gasteiger charge is 2.12. The summed E-state index contributed by atoms with van der Waals surface area (Å²) in [5.41, 5.74) is 1.62. The molecule has 0 atom stereocenters.